The molecule has 0 saturated heterocycles. The molecule has 5 nitrogen and oxygen atoms in total. The fraction of sp³-hybridized carbons (Fsp3) is 0.286. The number of hydrogen-bond acceptors (Lipinski definition) is 4. The standard InChI is InChI=1S/C14H14ClNO4/c1-20-14(15)8-7-11(16(18)19)9-12(14)13(17)10-5-3-2-4-6-10/h2-9,12-13,17H,1H3. The topological polar surface area (TPSA) is 72.6 Å². The van der Waals surface area contributed by atoms with Crippen molar-refractivity contribution in [2.24, 2.45) is 5.92 Å². The molecule has 0 heterocycles. The average Bonchev–Trinajstić information content (AvgIpc) is 2.47. The van der Waals surface area contributed by atoms with Crippen LogP contribution in [0.25, 0.3) is 0 Å². The second-order valence-electron chi connectivity index (χ2n) is 4.47. The number of hydrogen-bond donors (Lipinski definition) is 1. The van der Waals surface area contributed by atoms with Crippen molar-refractivity contribution in [3.05, 3.63) is 69.9 Å². The molecule has 2 rings (SSSR count). The van der Waals surface area contributed by atoms with Crippen LogP contribution in [0.15, 0.2) is 54.3 Å². The largest absolute Gasteiger partial charge is 0.388 e. The molecule has 0 saturated carbocycles. The van der Waals surface area contributed by atoms with Crippen molar-refractivity contribution in [1.29, 1.82) is 0 Å². The van der Waals surface area contributed by atoms with E-state index in [9.17, 15) is 15.2 Å². The Morgan fingerprint density at radius 2 is 2.10 bits per heavy atom. The highest BCUT2D eigenvalue weighted by Crippen LogP contribution is 2.41. The normalized spacial score (nSPS) is 26.9. The molecule has 0 fully saturated rings. The van der Waals surface area contributed by atoms with Gasteiger partial charge in [-0.1, -0.05) is 41.9 Å². The van der Waals surface area contributed by atoms with Gasteiger partial charge in [-0.2, -0.15) is 0 Å². The smallest absolute Gasteiger partial charge is 0.265 e. The molecule has 20 heavy (non-hydrogen) atoms. The molecule has 0 aliphatic heterocycles. The summed E-state index contributed by atoms with van der Waals surface area (Å²) in [5.74, 6) is -0.762. The quantitative estimate of drug-likeness (QED) is 0.526. The van der Waals surface area contributed by atoms with E-state index in [1.165, 1.54) is 25.3 Å². The van der Waals surface area contributed by atoms with Gasteiger partial charge in [0.1, 0.15) is 0 Å². The maximum absolute atomic E-state index is 10.9. The highest BCUT2D eigenvalue weighted by molar-refractivity contribution is 6.24. The first-order valence-corrected chi connectivity index (χ1v) is 6.38. The minimum absolute atomic E-state index is 0.113. The van der Waals surface area contributed by atoms with Crippen LogP contribution in [0.1, 0.15) is 11.7 Å². The van der Waals surface area contributed by atoms with Gasteiger partial charge in [-0.15, -0.1) is 0 Å². The predicted octanol–water partition coefficient (Wildman–Crippen LogP) is 2.65. The van der Waals surface area contributed by atoms with E-state index in [0.717, 1.165) is 0 Å². The number of benzene rings is 1. The number of ether oxygens (including phenoxy) is 1. The molecule has 3 atom stereocenters. The molecule has 1 aliphatic carbocycles. The summed E-state index contributed by atoms with van der Waals surface area (Å²) in [6.07, 6.45) is 3.00. The summed E-state index contributed by atoms with van der Waals surface area (Å²) >= 11 is 6.30. The van der Waals surface area contributed by atoms with E-state index in [4.69, 9.17) is 16.3 Å². The number of aliphatic hydroxyl groups excluding tert-OH is 1. The molecule has 0 amide bonds. The van der Waals surface area contributed by atoms with Crippen molar-refractivity contribution in [2.75, 3.05) is 7.11 Å². The predicted molar refractivity (Wildman–Crippen MR) is 74.7 cm³/mol. The monoisotopic (exact) mass is 295 g/mol. The van der Waals surface area contributed by atoms with Gasteiger partial charge in [0.05, 0.1) is 16.9 Å². The Hall–Kier alpha value is -1.69. The number of allylic oxidation sites excluding steroid dienone is 1. The van der Waals surface area contributed by atoms with E-state index >= 15 is 0 Å². The van der Waals surface area contributed by atoms with Crippen LogP contribution in [0.4, 0.5) is 0 Å². The molecular formula is C14H14ClNO4. The van der Waals surface area contributed by atoms with Gasteiger partial charge in [0.15, 0.2) is 5.06 Å². The van der Waals surface area contributed by atoms with E-state index in [1.54, 1.807) is 24.3 Å². The molecule has 1 aliphatic rings. The molecule has 0 bridgehead atoms. The highest BCUT2D eigenvalue weighted by atomic mass is 35.5. The van der Waals surface area contributed by atoms with Crippen LogP contribution >= 0.6 is 11.6 Å². The van der Waals surface area contributed by atoms with Crippen molar-refractivity contribution in [3.63, 3.8) is 0 Å². The lowest BCUT2D eigenvalue weighted by Crippen LogP contribution is -2.37. The van der Waals surface area contributed by atoms with E-state index in [-0.39, 0.29) is 5.70 Å². The minimum atomic E-state index is -1.31. The van der Waals surface area contributed by atoms with Crippen LogP contribution in [0.2, 0.25) is 0 Å². The number of aliphatic hydroxyl groups is 1. The van der Waals surface area contributed by atoms with Crippen LogP contribution in [0.3, 0.4) is 0 Å². The molecule has 0 aromatic heterocycles. The molecule has 0 spiro atoms. The Kier molecular flexibility index (Phi) is 4.23. The van der Waals surface area contributed by atoms with Gasteiger partial charge in [-0.3, -0.25) is 10.1 Å². The second kappa shape index (κ2) is 5.75. The number of halogens is 1. The molecule has 6 heteroatoms. The van der Waals surface area contributed by atoms with Gasteiger partial charge < -0.3 is 9.84 Å². The first-order chi connectivity index (χ1) is 9.48. The maximum Gasteiger partial charge on any atom is 0.265 e. The van der Waals surface area contributed by atoms with Crippen molar-refractivity contribution < 1.29 is 14.8 Å². The lowest BCUT2D eigenvalue weighted by Gasteiger charge is -2.34. The Morgan fingerprint density at radius 1 is 1.45 bits per heavy atom. The van der Waals surface area contributed by atoms with Crippen molar-refractivity contribution in [2.45, 2.75) is 11.2 Å². The van der Waals surface area contributed by atoms with Crippen LogP contribution in [0.5, 0.6) is 0 Å². The summed E-state index contributed by atoms with van der Waals surface area (Å²) in [7, 11) is 1.40. The zero-order valence-electron chi connectivity index (χ0n) is 10.8. The summed E-state index contributed by atoms with van der Waals surface area (Å²) in [5, 5.41) is 20.0. The van der Waals surface area contributed by atoms with Crippen LogP contribution in [-0.2, 0) is 4.74 Å². The maximum atomic E-state index is 10.9. The van der Waals surface area contributed by atoms with Gasteiger partial charge >= 0.3 is 0 Å². The lowest BCUT2D eigenvalue weighted by atomic mass is 9.86. The van der Waals surface area contributed by atoms with Gasteiger partial charge in [0, 0.05) is 19.3 Å². The van der Waals surface area contributed by atoms with Gasteiger partial charge in [0.2, 0.25) is 0 Å². The van der Waals surface area contributed by atoms with E-state index < -0.39 is 22.0 Å². The number of rotatable bonds is 4. The first kappa shape index (κ1) is 14.7. The van der Waals surface area contributed by atoms with Gasteiger partial charge in [-0.05, 0) is 11.6 Å². The molecule has 106 valence electrons. The van der Waals surface area contributed by atoms with Crippen molar-refractivity contribution >= 4 is 11.6 Å². The zero-order chi connectivity index (χ0) is 14.8. The molecule has 1 aromatic rings. The third-order valence-corrected chi connectivity index (χ3v) is 3.82. The fourth-order valence-electron chi connectivity index (χ4n) is 2.15. The summed E-state index contributed by atoms with van der Waals surface area (Å²) in [5.41, 5.74) is 0.507. The Labute approximate surface area is 121 Å². The highest BCUT2D eigenvalue weighted by Gasteiger charge is 2.42. The number of alkyl halides is 1. The molecule has 1 aromatic carbocycles. The lowest BCUT2D eigenvalue weighted by molar-refractivity contribution is -0.420. The van der Waals surface area contributed by atoms with Crippen LogP contribution in [0, 0.1) is 16.0 Å². The number of nitro groups is 1. The molecule has 1 N–H and O–H groups in total. The Balaban J connectivity index is 2.39. The first-order valence-electron chi connectivity index (χ1n) is 6.00. The summed E-state index contributed by atoms with van der Waals surface area (Å²) in [6, 6.07) is 8.83. The Morgan fingerprint density at radius 3 is 2.65 bits per heavy atom. The Bertz CT molecular complexity index is 558. The van der Waals surface area contributed by atoms with Gasteiger partial charge in [-0.25, -0.2) is 0 Å². The minimum Gasteiger partial charge on any atom is -0.388 e. The summed E-state index contributed by atoms with van der Waals surface area (Å²) < 4.78 is 5.21. The molecule has 0 radical (unpaired) electrons. The fourth-order valence-corrected chi connectivity index (χ4v) is 2.40. The molecule has 3 unspecified atom stereocenters. The third-order valence-electron chi connectivity index (χ3n) is 3.29. The van der Waals surface area contributed by atoms with E-state index in [0.29, 0.717) is 5.56 Å². The van der Waals surface area contributed by atoms with E-state index in [2.05, 4.69) is 0 Å². The van der Waals surface area contributed by atoms with Crippen molar-refractivity contribution in [3.8, 4) is 0 Å². The third kappa shape index (κ3) is 2.75. The van der Waals surface area contributed by atoms with Crippen molar-refractivity contribution in [1.82, 2.24) is 0 Å². The summed E-state index contributed by atoms with van der Waals surface area (Å²) in [6.45, 7) is 0. The van der Waals surface area contributed by atoms with E-state index in [1.807, 2.05) is 6.07 Å². The van der Waals surface area contributed by atoms with Gasteiger partial charge in [0.25, 0.3) is 5.70 Å². The van der Waals surface area contributed by atoms with Crippen LogP contribution < -0.4 is 0 Å². The SMILES string of the molecule is COC1(Cl)C=CC([N+](=O)[O-])=CC1C(O)c1ccccc1. The van der Waals surface area contributed by atoms with Crippen LogP contribution in [-0.4, -0.2) is 22.2 Å². The number of nitrogens with zero attached hydrogens (tertiary/aromatic N) is 1. The summed E-state index contributed by atoms with van der Waals surface area (Å²) in [4.78, 5) is 10.4. The number of methoxy groups -OCH3 is 1. The second-order valence-corrected chi connectivity index (χ2v) is 5.06. The zero-order valence-corrected chi connectivity index (χ0v) is 11.5. The average molecular weight is 296 g/mol. The molecular weight excluding hydrogens is 282 g/mol.